The number of halogens is 1. The summed E-state index contributed by atoms with van der Waals surface area (Å²) < 4.78 is 14.6. The number of imidazole rings is 1. The molecular weight excluding hydrogens is 356 g/mol. The van der Waals surface area contributed by atoms with Gasteiger partial charge in [0.25, 0.3) is 0 Å². The van der Waals surface area contributed by atoms with Crippen molar-refractivity contribution in [3.05, 3.63) is 23.6 Å². The number of morpholine rings is 1. The quantitative estimate of drug-likeness (QED) is 0.634. The lowest BCUT2D eigenvalue weighted by Crippen LogP contribution is -2.36. The fourth-order valence-electron chi connectivity index (χ4n) is 3.24. The minimum Gasteiger partial charge on any atom is -0.383 e. The van der Waals surface area contributed by atoms with Crippen LogP contribution in [0.2, 0.25) is 5.15 Å². The zero-order valence-corrected chi connectivity index (χ0v) is 15.6. The number of fused-ring (bicyclic) bond motifs is 1. The molecule has 0 N–H and O–H groups in total. The topological polar surface area (TPSA) is 70.2 Å². The van der Waals surface area contributed by atoms with Gasteiger partial charge >= 0.3 is 0 Å². The number of hydrogen-bond donors (Lipinski definition) is 0. The molecule has 1 fully saturated rings. The summed E-state index contributed by atoms with van der Waals surface area (Å²) in [5, 5.41) is 4.73. The minimum absolute atomic E-state index is 0.454. The highest BCUT2D eigenvalue weighted by atomic mass is 35.5. The van der Waals surface area contributed by atoms with Crippen LogP contribution in [0.15, 0.2) is 18.5 Å². The zero-order chi connectivity index (χ0) is 18.1. The molecule has 1 aliphatic heterocycles. The van der Waals surface area contributed by atoms with E-state index in [9.17, 15) is 0 Å². The first-order valence-electron chi connectivity index (χ1n) is 8.55. The van der Waals surface area contributed by atoms with Crippen LogP contribution in [0, 0.1) is 0 Å². The van der Waals surface area contributed by atoms with Gasteiger partial charge in [-0.3, -0.25) is 4.68 Å². The van der Waals surface area contributed by atoms with Crippen LogP contribution in [0.3, 0.4) is 0 Å². The van der Waals surface area contributed by atoms with Crippen LogP contribution in [-0.2, 0) is 23.1 Å². The van der Waals surface area contributed by atoms with Gasteiger partial charge in [-0.15, -0.1) is 0 Å². The lowest BCUT2D eigenvalue weighted by molar-refractivity contribution is 0.123. The van der Waals surface area contributed by atoms with Gasteiger partial charge in [0.1, 0.15) is 16.5 Å². The molecule has 0 bridgehead atoms. The third kappa shape index (κ3) is 3.15. The van der Waals surface area contributed by atoms with E-state index in [-0.39, 0.29) is 0 Å². The van der Waals surface area contributed by atoms with Gasteiger partial charge in [-0.2, -0.15) is 5.10 Å². The molecule has 0 saturated carbocycles. The highest BCUT2D eigenvalue weighted by molar-refractivity contribution is 6.30. The van der Waals surface area contributed by atoms with E-state index in [1.54, 1.807) is 18.0 Å². The second-order valence-corrected chi connectivity index (χ2v) is 6.61. The van der Waals surface area contributed by atoms with Gasteiger partial charge in [0.2, 0.25) is 0 Å². The molecule has 0 unspecified atom stereocenters. The number of methoxy groups -OCH3 is 1. The second-order valence-electron chi connectivity index (χ2n) is 6.22. The van der Waals surface area contributed by atoms with E-state index in [0.717, 1.165) is 41.3 Å². The smallest absolute Gasteiger partial charge is 0.164 e. The molecule has 0 radical (unpaired) electrons. The van der Waals surface area contributed by atoms with Crippen molar-refractivity contribution in [2.24, 2.45) is 7.05 Å². The maximum absolute atomic E-state index is 6.35. The molecule has 8 nitrogen and oxygen atoms in total. The Balaban J connectivity index is 1.90. The van der Waals surface area contributed by atoms with E-state index in [0.29, 0.717) is 31.5 Å². The first-order valence-corrected chi connectivity index (χ1v) is 8.92. The van der Waals surface area contributed by atoms with E-state index in [4.69, 9.17) is 26.1 Å². The zero-order valence-electron chi connectivity index (χ0n) is 14.9. The molecule has 0 spiro atoms. The van der Waals surface area contributed by atoms with Gasteiger partial charge in [0.15, 0.2) is 5.65 Å². The number of pyridine rings is 1. The summed E-state index contributed by atoms with van der Waals surface area (Å²) in [6.07, 6.45) is 3.75. The van der Waals surface area contributed by atoms with Gasteiger partial charge in [0, 0.05) is 46.1 Å². The lowest BCUT2D eigenvalue weighted by atomic mass is 10.3. The van der Waals surface area contributed by atoms with Crippen molar-refractivity contribution in [3.8, 4) is 11.4 Å². The summed E-state index contributed by atoms with van der Waals surface area (Å²) in [6.45, 7) is 4.20. The normalized spacial score (nSPS) is 15.1. The third-order valence-electron chi connectivity index (χ3n) is 4.49. The molecule has 3 aromatic rings. The molecule has 1 saturated heterocycles. The van der Waals surface area contributed by atoms with Crippen LogP contribution < -0.4 is 4.90 Å². The van der Waals surface area contributed by atoms with Crippen molar-refractivity contribution in [3.63, 3.8) is 0 Å². The highest BCUT2D eigenvalue weighted by Crippen LogP contribution is 2.32. The van der Waals surface area contributed by atoms with Crippen molar-refractivity contribution in [2.45, 2.75) is 6.54 Å². The highest BCUT2D eigenvalue weighted by Gasteiger charge is 2.22. The molecule has 0 aromatic carbocycles. The molecule has 0 amide bonds. The summed E-state index contributed by atoms with van der Waals surface area (Å²) in [6, 6.07) is 1.88. The summed E-state index contributed by atoms with van der Waals surface area (Å²) in [5.41, 5.74) is 3.52. The first kappa shape index (κ1) is 17.3. The van der Waals surface area contributed by atoms with Crippen molar-refractivity contribution >= 4 is 28.5 Å². The molecule has 4 rings (SSSR count). The molecule has 26 heavy (non-hydrogen) atoms. The van der Waals surface area contributed by atoms with Crippen molar-refractivity contribution in [2.75, 3.05) is 44.9 Å². The first-order chi connectivity index (χ1) is 12.7. The van der Waals surface area contributed by atoms with Gasteiger partial charge in [-0.05, 0) is 0 Å². The van der Waals surface area contributed by atoms with Gasteiger partial charge in [-0.25, -0.2) is 9.97 Å². The predicted octanol–water partition coefficient (Wildman–Crippen LogP) is 1.97. The van der Waals surface area contributed by atoms with E-state index < -0.39 is 0 Å². The fraction of sp³-hybridized carbons (Fsp3) is 0.471. The Kier molecular flexibility index (Phi) is 4.80. The number of hydrogen-bond acceptors (Lipinski definition) is 6. The molecular formula is C17H21ClN6O2. The molecule has 9 heteroatoms. The Morgan fingerprint density at radius 2 is 2.08 bits per heavy atom. The number of aromatic nitrogens is 5. The predicted molar refractivity (Wildman–Crippen MR) is 99.6 cm³/mol. The van der Waals surface area contributed by atoms with E-state index >= 15 is 0 Å². The molecule has 0 aliphatic carbocycles. The maximum Gasteiger partial charge on any atom is 0.164 e. The molecule has 138 valence electrons. The van der Waals surface area contributed by atoms with Crippen LogP contribution >= 0.6 is 11.6 Å². The number of anilines is 1. The van der Waals surface area contributed by atoms with E-state index in [2.05, 4.69) is 15.0 Å². The Morgan fingerprint density at radius 1 is 1.27 bits per heavy atom. The van der Waals surface area contributed by atoms with Crippen LogP contribution in [0.5, 0.6) is 0 Å². The summed E-state index contributed by atoms with van der Waals surface area (Å²) in [4.78, 5) is 11.7. The largest absolute Gasteiger partial charge is 0.383 e. The molecule has 3 aromatic heterocycles. The van der Waals surface area contributed by atoms with Gasteiger partial charge in [-0.1, -0.05) is 11.6 Å². The number of aryl methyl sites for hydroxylation is 1. The average molecular weight is 377 g/mol. The summed E-state index contributed by atoms with van der Waals surface area (Å²) >= 11 is 6.35. The monoisotopic (exact) mass is 376 g/mol. The molecule has 4 heterocycles. The van der Waals surface area contributed by atoms with Crippen LogP contribution in [-0.4, -0.2) is 64.3 Å². The van der Waals surface area contributed by atoms with E-state index in [1.165, 1.54) is 0 Å². The average Bonchev–Trinajstić information content (AvgIpc) is 3.23. The van der Waals surface area contributed by atoms with Crippen molar-refractivity contribution in [1.29, 1.82) is 0 Å². The third-order valence-corrected chi connectivity index (χ3v) is 4.68. The van der Waals surface area contributed by atoms with Crippen molar-refractivity contribution < 1.29 is 9.47 Å². The van der Waals surface area contributed by atoms with Gasteiger partial charge < -0.3 is 18.9 Å². The summed E-state index contributed by atoms with van der Waals surface area (Å²) in [5.74, 6) is 0.814. The van der Waals surface area contributed by atoms with Crippen LogP contribution in [0.1, 0.15) is 0 Å². The Labute approximate surface area is 156 Å². The number of rotatable bonds is 5. The molecule has 1 aliphatic rings. The second kappa shape index (κ2) is 7.22. The SMILES string of the molecule is COCCn1c(-c2cnn(C)c2)nc2c(N3CCOCC3)cc(Cl)nc21. The standard InChI is InChI=1S/C17H21ClN6O2/c1-22-11-12(10-19-22)16-21-15-13(23-3-7-26-8-4-23)9-14(18)20-17(15)24(16)5-6-25-2/h9-11H,3-8H2,1-2H3. The van der Waals surface area contributed by atoms with Crippen LogP contribution in [0.25, 0.3) is 22.6 Å². The minimum atomic E-state index is 0.454. The Bertz CT molecular complexity index is 916. The Morgan fingerprint density at radius 3 is 2.77 bits per heavy atom. The van der Waals surface area contributed by atoms with Crippen LogP contribution in [0.4, 0.5) is 5.69 Å². The lowest BCUT2D eigenvalue weighted by Gasteiger charge is -2.29. The van der Waals surface area contributed by atoms with Gasteiger partial charge in [0.05, 0.1) is 37.3 Å². The number of nitrogens with zero attached hydrogens (tertiary/aromatic N) is 6. The Hall–Kier alpha value is -2.16. The maximum atomic E-state index is 6.35. The van der Waals surface area contributed by atoms with E-state index in [1.807, 2.05) is 23.9 Å². The summed E-state index contributed by atoms with van der Waals surface area (Å²) in [7, 11) is 3.57. The van der Waals surface area contributed by atoms with Crippen molar-refractivity contribution in [1.82, 2.24) is 24.3 Å². The molecule has 0 atom stereocenters. The fourth-order valence-corrected chi connectivity index (χ4v) is 3.42. The number of ether oxygens (including phenoxy) is 2.